The summed E-state index contributed by atoms with van der Waals surface area (Å²) in [4.78, 5) is 19.5. The Morgan fingerprint density at radius 1 is 1.53 bits per heavy atom. The first-order chi connectivity index (χ1) is 9.20. The van der Waals surface area contributed by atoms with Gasteiger partial charge in [0.15, 0.2) is 0 Å². The highest BCUT2D eigenvalue weighted by Crippen LogP contribution is 2.33. The monoisotopic (exact) mass is 260 g/mol. The van der Waals surface area contributed by atoms with E-state index in [2.05, 4.69) is 16.9 Å². The molecule has 1 aromatic carbocycles. The molecule has 1 aliphatic heterocycles. The molecule has 0 spiro atoms. The van der Waals surface area contributed by atoms with Gasteiger partial charge in [0.25, 0.3) is 0 Å². The van der Waals surface area contributed by atoms with Crippen molar-refractivity contribution in [2.24, 2.45) is 5.92 Å². The van der Waals surface area contributed by atoms with Crippen LogP contribution >= 0.6 is 0 Å². The Labute approximate surface area is 110 Å². The molecule has 1 aliphatic rings. The van der Waals surface area contributed by atoms with Gasteiger partial charge in [-0.3, -0.25) is 0 Å². The van der Waals surface area contributed by atoms with Crippen molar-refractivity contribution in [3.05, 3.63) is 29.6 Å². The second-order valence-corrected chi connectivity index (χ2v) is 4.87. The van der Waals surface area contributed by atoms with Crippen molar-refractivity contribution >= 4 is 17.0 Å². The van der Waals surface area contributed by atoms with Crippen LogP contribution < -0.4 is 0 Å². The molecule has 0 radical (unpaired) electrons. The molecule has 0 aliphatic carbocycles. The van der Waals surface area contributed by atoms with E-state index in [1.165, 1.54) is 7.11 Å². The molecular formula is C14H16N2O3. The highest BCUT2D eigenvalue weighted by atomic mass is 16.5. The third kappa shape index (κ3) is 2.00. The summed E-state index contributed by atoms with van der Waals surface area (Å²) in [5.41, 5.74) is 1.96. The highest BCUT2D eigenvalue weighted by Gasteiger charge is 2.29. The zero-order valence-corrected chi connectivity index (χ0v) is 11.0. The van der Waals surface area contributed by atoms with Gasteiger partial charge in [-0.15, -0.1) is 0 Å². The molecule has 0 saturated carbocycles. The van der Waals surface area contributed by atoms with E-state index >= 15 is 0 Å². The average Bonchev–Trinajstić information content (AvgIpc) is 3.02. The number of benzene rings is 1. The third-order valence-electron chi connectivity index (χ3n) is 3.59. The van der Waals surface area contributed by atoms with E-state index in [9.17, 15) is 4.79 Å². The van der Waals surface area contributed by atoms with Crippen LogP contribution in [0.2, 0.25) is 0 Å². The minimum absolute atomic E-state index is 0.0158. The van der Waals surface area contributed by atoms with Crippen LogP contribution in [0.4, 0.5) is 0 Å². The number of aromatic amines is 1. The second kappa shape index (κ2) is 4.66. The maximum atomic E-state index is 11.7. The van der Waals surface area contributed by atoms with Gasteiger partial charge in [-0.05, 0) is 24.5 Å². The lowest BCUT2D eigenvalue weighted by Gasteiger charge is -2.10. The summed E-state index contributed by atoms with van der Waals surface area (Å²) in [6.07, 6.45) is 1.02. The predicted octanol–water partition coefficient (Wildman–Crippen LogP) is 2.45. The number of rotatable bonds is 2. The lowest BCUT2D eigenvalue weighted by molar-refractivity contribution is 0.0602. The molecule has 1 saturated heterocycles. The number of nitrogens with zero attached hydrogens (tertiary/aromatic N) is 1. The van der Waals surface area contributed by atoms with Crippen LogP contribution in [-0.4, -0.2) is 29.7 Å². The molecule has 1 N–H and O–H groups in total. The molecular weight excluding hydrogens is 244 g/mol. The number of nitrogens with one attached hydrogen (secondary N) is 1. The Kier molecular flexibility index (Phi) is 2.98. The predicted molar refractivity (Wildman–Crippen MR) is 69.9 cm³/mol. The number of esters is 1. The SMILES string of the molecule is COC(=O)c1cccc2[nH]c(C3OCCC3C)nc12. The molecule has 2 atom stereocenters. The molecule has 19 heavy (non-hydrogen) atoms. The zero-order chi connectivity index (χ0) is 13.4. The minimum atomic E-state index is -0.371. The third-order valence-corrected chi connectivity index (χ3v) is 3.59. The molecule has 100 valence electrons. The summed E-state index contributed by atoms with van der Waals surface area (Å²) in [7, 11) is 1.37. The van der Waals surface area contributed by atoms with E-state index in [4.69, 9.17) is 9.47 Å². The van der Waals surface area contributed by atoms with Gasteiger partial charge in [0, 0.05) is 6.61 Å². The van der Waals surface area contributed by atoms with Gasteiger partial charge in [0.1, 0.15) is 17.4 Å². The first-order valence-corrected chi connectivity index (χ1v) is 6.39. The Bertz CT molecular complexity index is 620. The summed E-state index contributed by atoms with van der Waals surface area (Å²) in [5.74, 6) is 0.850. The van der Waals surface area contributed by atoms with Gasteiger partial charge in [-0.1, -0.05) is 13.0 Å². The van der Waals surface area contributed by atoms with Crippen LogP contribution in [0.3, 0.4) is 0 Å². The van der Waals surface area contributed by atoms with Crippen molar-refractivity contribution in [3.8, 4) is 0 Å². The van der Waals surface area contributed by atoms with Gasteiger partial charge in [-0.25, -0.2) is 9.78 Å². The Hall–Kier alpha value is -1.88. The fourth-order valence-electron chi connectivity index (χ4n) is 2.51. The standard InChI is InChI=1S/C14H16N2O3/c1-8-6-7-19-12(8)13-15-10-5-3-4-9(11(10)16-13)14(17)18-2/h3-5,8,12H,6-7H2,1-2H3,(H,15,16). The topological polar surface area (TPSA) is 64.2 Å². The van der Waals surface area contributed by atoms with Gasteiger partial charge in [0.2, 0.25) is 0 Å². The molecule has 2 unspecified atom stereocenters. The number of hydrogen-bond acceptors (Lipinski definition) is 4. The number of fused-ring (bicyclic) bond motifs is 1. The van der Waals surface area contributed by atoms with E-state index < -0.39 is 0 Å². The van der Waals surface area contributed by atoms with E-state index in [1.807, 2.05) is 12.1 Å². The van der Waals surface area contributed by atoms with Crippen molar-refractivity contribution in [1.29, 1.82) is 0 Å². The summed E-state index contributed by atoms with van der Waals surface area (Å²) >= 11 is 0. The lowest BCUT2D eigenvalue weighted by Crippen LogP contribution is -2.06. The van der Waals surface area contributed by atoms with Crippen molar-refractivity contribution in [2.45, 2.75) is 19.4 Å². The maximum absolute atomic E-state index is 11.7. The van der Waals surface area contributed by atoms with E-state index in [1.54, 1.807) is 6.07 Å². The molecule has 2 heterocycles. The molecule has 2 aromatic rings. The van der Waals surface area contributed by atoms with Gasteiger partial charge in [0.05, 0.1) is 18.2 Å². The summed E-state index contributed by atoms with van der Waals surface area (Å²) in [5, 5.41) is 0. The van der Waals surface area contributed by atoms with Gasteiger partial charge < -0.3 is 14.5 Å². The molecule has 5 nitrogen and oxygen atoms in total. The van der Waals surface area contributed by atoms with Crippen LogP contribution in [0.1, 0.15) is 35.6 Å². The van der Waals surface area contributed by atoms with Crippen molar-refractivity contribution < 1.29 is 14.3 Å². The number of hydrogen-bond donors (Lipinski definition) is 1. The lowest BCUT2D eigenvalue weighted by atomic mass is 10.0. The van der Waals surface area contributed by atoms with Crippen LogP contribution in [-0.2, 0) is 9.47 Å². The molecule has 5 heteroatoms. The van der Waals surface area contributed by atoms with Gasteiger partial charge >= 0.3 is 5.97 Å². The summed E-state index contributed by atoms with van der Waals surface area (Å²) in [6.45, 7) is 2.90. The average molecular weight is 260 g/mol. The van der Waals surface area contributed by atoms with Crippen LogP contribution in [0, 0.1) is 5.92 Å². The van der Waals surface area contributed by atoms with Crippen LogP contribution in [0.5, 0.6) is 0 Å². The fourth-order valence-corrected chi connectivity index (χ4v) is 2.51. The van der Waals surface area contributed by atoms with E-state index in [0.29, 0.717) is 17.0 Å². The molecule has 0 bridgehead atoms. The molecule has 1 fully saturated rings. The van der Waals surface area contributed by atoms with E-state index in [0.717, 1.165) is 24.4 Å². The zero-order valence-electron chi connectivity index (χ0n) is 11.0. The number of carbonyl (C=O) groups excluding carboxylic acids is 1. The summed E-state index contributed by atoms with van der Waals surface area (Å²) < 4.78 is 10.5. The van der Waals surface area contributed by atoms with Crippen molar-refractivity contribution in [1.82, 2.24) is 9.97 Å². The quantitative estimate of drug-likeness (QED) is 0.842. The minimum Gasteiger partial charge on any atom is -0.465 e. The highest BCUT2D eigenvalue weighted by molar-refractivity contribution is 6.01. The van der Waals surface area contributed by atoms with Crippen LogP contribution in [0.15, 0.2) is 18.2 Å². The van der Waals surface area contributed by atoms with E-state index in [-0.39, 0.29) is 12.1 Å². The molecule has 1 aromatic heterocycles. The maximum Gasteiger partial charge on any atom is 0.340 e. The Morgan fingerprint density at radius 3 is 3.05 bits per heavy atom. The number of H-pyrrole nitrogens is 1. The number of methoxy groups -OCH3 is 1. The van der Waals surface area contributed by atoms with Gasteiger partial charge in [-0.2, -0.15) is 0 Å². The number of para-hydroxylation sites is 1. The van der Waals surface area contributed by atoms with Crippen LogP contribution in [0.25, 0.3) is 11.0 Å². The largest absolute Gasteiger partial charge is 0.465 e. The normalized spacial score (nSPS) is 22.8. The number of carbonyl (C=O) groups is 1. The second-order valence-electron chi connectivity index (χ2n) is 4.87. The number of ether oxygens (including phenoxy) is 2. The first-order valence-electron chi connectivity index (χ1n) is 6.39. The Morgan fingerprint density at radius 2 is 2.37 bits per heavy atom. The molecule has 0 amide bonds. The number of imidazole rings is 1. The molecule has 3 rings (SSSR count). The van der Waals surface area contributed by atoms with Crippen molar-refractivity contribution in [2.75, 3.05) is 13.7 Å². The smallest absolute Gasteiger partial charge is 0.340 e. The summed E-state index contributed by atoms with van der Waals surface area (Å²) in [6, 6.07) is 5.44. The number of aromatic nitrogens is 2. The first kappa shape index (κ1) is 12.2. The fraction of sp³-hybridized carbons (Fsp3) is 0.429. The Balaban J connectivity index is 2.07. The van der Waals surface area contributed by atoms with Crippen molar-refractivity contribution in [3.63, 3.8) is 0 Å².